The second kappa shape index (κ2) is 7.26. The highest BCUT2D eigenvalue weighted by Gasteiger charge is 1.86. The van der Waals surface area contributed by atoms with E-state index in [0.29, 0.717) is 6.42 Å². The van der Waals surface area contributed by atoms with Crippen molar-refractivity contribution in [3.63, 3.8) is 0 Å². The smallest absolute Gasteiger partial charge is 0.126 e. The first-order chi connectivity index (χ1) is 5.31. The summed E-state index contributed by atoms with van der Waals surface area (Å²) in [4.78, 5) is 0. The van der Waals surface area contributed by atoms with E-state index in [2.05, 4.69) is 12.3 Å². The normalized spacial score (nSPS) is 10.9. The van der Waals surface area contributed by atoms with Gasteiger partial charge in [-0.2, -0.15) is 0 Å². The van der Waals surface area contributed by atoms with Crippen LogP contribution in [0.25, 0.3) is 0 Å². The summed E-state index contributed by atoms with van der Waals surface area (Å²) >= 11 is 0. The lowest BCUT2D eigenvalue weighted by Crippen LogP contribution is -1.80. The number of aliphatic hydroxyl groups is 1. The molecule has 0 aliphatic rings. The molecule has 0 heterocycles. The van der Waals surface area contributed by atoms with E-state index in [-0.39, 0.29) is 12.4 Å². The van der Waals surface area contributed by atoms with Crippen LogP contribution in [0.5, 0.6) is 0 Å². The minimum Gasteiger partial charge on any atom is -0.396 e. The zero-order chi connectivity index (χ0) is 8.53. The van der Waals surface area contributed by atoms with Gasteiger partial charge in [-0.3, -0.25) is 0 Å². The first kappa shape index (κ1) is 10.2. The summed E-state index contributed by atoms with van der Waals surface area (Å²) in [5.41, 5.74) is 2.34. The number of hydrogen-bond acceptors (Lipinski definition) is 1. The summed E-state index contributed by atoms with van der Waals surface area (Å²) in [6.07, 6.45) is 4.86. The number of hydrogen-bond donors (Lipinski definition) is 1. The van der Waals surface area contributed by atoms with Gasteiger partial charge in [-0.05, 0) is 25.3 Å². The molecule has 62 valence electrons. The van der Waals surface area contributed by atoms with Gasteiger partial charge >= 0.3 is 0 Å². The third kappa shape index (κ3) is 7.04. The highest BCUT2D eigenvalue weighted by atomic mass is 19.1. The van der Waals surface area contributed by atoms with E-state index in [0.717, 1.165) is 12.8 Å². The molecule has 0 atom stereocenters. The number of rotatable bonds is 5. The quantitative estimate of drug-likeness (QED) is 0.368. The molecular formula is C9H13FO. The summed E-state index contributed by atoms with van der Waals surface area (Å²) < 4.78 is 12.5. The van der Waals surface area contributed by atoms with Crippen molar-refractivity contribution in [2.75, 3.05) is 6.61 Å². The summed E-state index contributed by atoms with van der Waals surface area (Å²) in [6, 6.07) is 0. The summed E-state index contributed by atoms with van der Waals surface area (Å²) in [5, 5.41) is 8.39. The van der Waals surface area contributed by atoms with Crippen molar-refractivity contribution in [1.82, 2.24) is 0 Å². The molecule has 0 unspecified atom stereocenters. The fraction of sp³-hybridized carbons (Fsp3) is 0.444. The second-order valence-corrected chi connectivity index (χ2v) is 2.16. The highest BCUT2D eigenvalue weighted by Crippen LogP contribution is 2.02. The first-order valence-electron chi connectivity index (χ1n) is 3.63. The van der Waals surface area contributed by atoms with Crippen molar-refractivity contribution in [3.8, 4) is 0 Å². The molecular weight excluding hydrogens is 143 g/mol. The van der Waals surface area contributed by atoms with Crippen LogP contribution in [0.3, 0.4) is 0 Å². The average molecular weight is 156 g/mol. The van der Waals surface area contributed by atoms with E-state index >= 15 is 0 Å². The van der Waals surface area contributed by atoms with Crippen molar-refractivity contribution in [2.24, 2.45) is 0 Å². The Morgan fingerprint density at radius 2 is 2.27 bits per heavy atom. The van der Waals surface area contributed by atoms with Gasteiger partial charge in [0.15, 0.2) is 0 Å². The Morgan fingerprint density at radius 3 is 2.82 bits per heavy atom. The Labute approximate surface area is 66.5 Å². The monoisotopic (exact) mass is 156 g/mol. The van der Waals surface area contributed by atoms with E-state index in [1.165, 1.54) is 12.2 Å². The van der Waals surface area contributed by atoms with E-state index < -0.39 is 0 Å². The molecule has 2 heteroatoms. The van der Waals surface area contributed by atoms with Crippen LogP contribution in [0.2, 0.25) is 0 Å². The lowest BCUT2D eigenvalue weighted by Gasteiger charge is -1.90. The zero-order valence-electron chi connectivity index (χ0n) is 6.52. The largest absolute Gasteiger partial charge is 0.396 e. The van der Waals surface area contributed by atoms with Crippen molar-refractivity contribution in [2.45, 2.75) is 19.3 Å². The Balaban J connectivity index is 3.47. The third-order valence-corrected chi connectivity index (χ3v) is 1.19. The van der Waals surface area contributed by atoms with Crippen molar-refractivity contribution >= 4 is 0 Å². The standard InChI is InChI=1S/C9H13FO/c1-2-6-9(10)7-4-3-5-8-11/h6-7,11H,1,3-5,8H2. The van der Waals surface area contributed by atoms with Crippen LogP contribution >= 0.6 is 0 Å². The van der Waals surface area contributed by atoms with Gasteiger partial charge in [-0.25, -0.2) is 4.39 Å². The van der Waals surface area contributed by atoms with E-state index in [1.807, 2.05) is 0 Å². The summed E-state index contributed by atoms with van der Waals surface area (Å²) in [5.74, 6) is -0.307. The zero-order valence-corrected chi connectivity index (χ0v) is 6.52. The lowest BCUT2D eigenvalue weighted by molar-refractivity contribution is 0.285. The van der Waals surface area contributed by atoms with Crippen LogP contribution < -0.4 is 0 Å². The molecule has 1 nitrogen and oxygen atoms in total. The third-order valence-electron chi connectivity index (χ3n) is 1.19. The molecule has 0 bridgehead atoms. The number of halogens is 1. The number of unbranched alkanes of at least 4 members (excludes halogenated alkanes) is 2. The predicted octanol–water partition coefficient (Wildman–Crippen LogP) is 2.34. The molecule has 11 heavy (non-hydrogen) atoms. The van der Waals surface area contributed by atoms with Gasteiger partial charge in [0.1, 0.15) is 5.83 Å². The molecule has 0 amide bonds. The predicted molar refractivity (Wildman–Crippen MR) is 43.8 cm³/mol. The maximum Gasteiger partial charge on any atom is 0.126 e. The second-order valence-electron chi connectivity index (χ2n) is 2.16. The molecule has 0 fully saturated rings. The molecule has 0 aromatic rings. The van der Waals surface area contributed by atoms with Crippen LogP contribution in [0.4, 0.5) is 4.39 Å². The topological polar surface area (TPSA) is 20.2 Å². The number of allylic oxidation sites excluding steroid dienone is 3. The molecule has 0 radical (unpaired) electrons. The van der Waals surface area contributed by atoms with Gasteiger partial charge in [0, 0.05) is 12.7 Å². The van der Waals surface area contributed by atoms with Crippen LogP contribution in [0.1, 0.15) is 19.3 Å². The van der Waals surface area contributed by atoms with Crippen LogP contribution in [-0.2, 0) is 0 Å². The molecule has 0 rings (SSSR count). The lowest BCUT2D eigenvalue weighted by atomic mass is 10.2. The molecule has 0 aromatic carbocycles. The molecule has 1 N–H and O–H groups in total. The van der Waals surface area contributed by atoms with Crippen molar-refractivity contribution in [1.29, 1.82) is 0 Å². The van der Waals surface area contributed by atoms with Crippen molar-refractivity contribution < 1.29 is 9.50 Å². The first-order valence-corrected chi connectivity index (χ1v) is 3.63. The van der Waals surface area contributed by atoms with E-state index in [4.69, 9.17) is 5.11 Å². The number of aliphatic hydroxyl groups excluding tert-OH is 1. The maximum atomic E-state index is 12.5. The van der Waals surface area contributed by atoms with Gasteiger partial charge in [0.05, 0.1) is 0 Å². The Kier molecular flexibility index (Phi) is 6.70. The minimum atomic E-state index is -0.307. The average Bonchev–Trinajstić information content (AvgIpc) is 1.99. The van der Waals surface area contributed by atoms with E-state index in [9.17, 15) is 4.39 Å². The van der Waals surface area contributed by atoms with Crippen molar-refractivity contribution in [3.05, 3.63) is 30.3 Å². The molecule has 0 saturated carbocycles. The maximum absolute atomic E-state index is 12.5. The molecule has 0 aromatic heterocycles. The Hall–Kier alpha value is -0.850. The SMILES string of the molecule is C=C=CC(F)=CCCCCO. The minimum absolute atomic E-state index is 0.173. The van der Waals surface area contributed by atoms with Gasteiger partial charge in [-0.15, -0.1) is 5.73 Å². The fourth-order valence-electron chi connectivity index (χ4n) is 0.653. The fourth-order valence-corrected chi connectivity index (χ4v) is 0.653. The van der Waals surface area contributed by atoms with Gasteiger partial charge in [0.25, 0.3) is 0 Å². The molecule has 0 spiro atoms. The van der Waals surface area contributed by atoms with Crippen LogP contribution in [0.15, 0.2) is 30.3 Å². The highest BCUT2D eigenvalue weighted by molar-refractivity contribution is 5.08. The van der Waals surface area contributed by atoms with Gasteiger partial charge in [0.2, 0.25) is 0 Å². The van der Waals surface area contributed by atoms with Crippen LogP contribution in [0, 0.1) is 0 Å². The summed E-state index contributed by atoms with van der Waals surface area (Å²) in [6.45, 7) is 3.42. The molecule has 0 aliphatic heterocycles. The summed E-state index contributed by atoms with van der Waals surface area (Å²) in [7, 11) is 0. The molecule has 0 aliphatic carbocycles. The Bertz CT molecular complexity index is 166. The van der Waals surface area contributed by atoms with E-state index in [1.54, 1.807) is 0 Å². The van der Waals surface area contributed by atoms with Gasteiger partial charge in [-0.1, -0.05) is 6.58 Å². The van der Waals surface area contributed by atoms with Gasteiger partial charge < -0.3 is 5.11 Å². The van der Waals surface area contributed by atoms with Crippen LogP contribution in [-0.4, -0.2) is 11.7 Å². The Morgan fingerprint density at radius 1 is 1.55 bits per heavy atom. The molecule has 0 saturated heterocycles.